The molecule has 2 aromatic carbocycles. The summed E-state index contributed by atoms with van der Waals surface area (Å²) in [5.41, 5.74) is 15.4. The summed E-state index contributed by atoms with van der Waals surface area (Å²) < 4.78 is 0. The zero-order chi connectivity index (χ0) is 28.5. The number of hydrogen-bond donors (Lipinski definition) is 0. The average Bonchev–Trinajstić information content (AvgIpc) is 3.81. The van der Waals surface area contributed by atoms with E-state index in [1.807, 2.05) is 0 Å². The van der Waals surface area contributed by atoms with Crippen molar-refractivity contribution < 1.29 is 0 Å². The Bertz CT molecular complexity index is 1500. The van der Waals surface area contributed by atoms with Gasteiger partial charge in [0.05, 0.1) is 0 Å². The van der Waals surface area contributed by atoms with Crippen molar-refractivity contribution in [2.24, 2.45) is 17.8 Å². The van der Waals surface area contributed by atoms with Crippen molar-refractivity contribution >= 4 is 11.6 Å². The minimum Gasteiger partial charge on any atom is -0.0809 e. The highest BCUT2D eigenvalue weighted by molar-refractivity contribution is 5.67. The topological polar surface area (TPSA) is 0 Å². The summed E-state index contributed by atoms with van der Waals surface area (Å²) in [5.74, 6) is 2.87. The molecule has 7 rings (SSSR count). The number of allylic oxidation sites excluding steroid dienone is 11. The van der Waals surface area contributed by atoms with Crippen LogP contribution in [0.25, 0.3) is 11.6 Å². The third-order valence-corrected chi connectivity index (χ3v) is 10.9. The van der Waals surface area contributed by atoms with Crippen LogP contribution in [0.15, 0.2) is 101 Å². The molecule has 1 saturated carbocycles. The van der Waals surface area contributed by atoms with Crippen molar-refractivity contribution in [2.75, 3.05) is 0 Å². The van der Waals surface area contributed by atoms with Crippen LogP contribution < -0.4 is 0 Å². The highest BCUT2D eigenvalue weighted by atomic mass is 14.4. The van der Waals surface area contributed by atoms with Crippen molar-refractivity contribution in [1.29, 1.82) is 0 Å². The van der Waals surface area contributed by atoms with E-state index in [-0.39, 0.29) is 0 Å². The third kappa shape index (κ3) is 5.88. The molecule has 4 unspecified atom stereocenters. The monoisotopic (exact) mass is 552 g/mol. The summed E-state index contributed by atoms with van der Waals surface area (Å²) in [6.45, 7) is 4.74. The fourth-order valence-corrected chi connectivity index (χ4v) is 8.33. The fraction of sp³-hybridized carbons (Fsp3) is 0.429. The van der Waals surface area contributed by atoms with Gasteiger partial charge in [-0.25, -0.2) is 0 Å². The molecular weight excluding hydrogens is 504 g/mol. The summed E-state index contributed by atoms with van der Waals surface area (Å²) >= 11 is 0. The maximum atomic E-state index is 2.62. The van der Waals surface area contributed by atoms with Gasteiger partial charge in [0.2, 0.25) is 0 Å². The van der Waals surface area contributed by atoms with Crippen LogP contribution >= 0.6 is 0 Å². The SMILES string of the molecule is CCc1cccc2c1CC1CC(=C2)C=CC2=CCC=C(C3CC3c3ccc(C4=CCCCC(C)CCC4)cc3)CC=C21. The lowest BCUT2D eigenvalue weighted by atomic mass is 9.82. The molecule has 0 heteroatoms. The zero-order valence-corrected chi connectivity index (χ0v) is 25.9. The number of rotatable bonds is 4. The summed E-state index contributed by atoms with van der Waals surface area (Å²) in [7, 11) is 0. The maximum absolute atomic E-state index is 2.62. The predicted molar refractivity (Wildman–Crippen MR) is 180 cm³/mol. The number of benzene rings is 2. The first-order valence-corrected chi connectivity index (χ1v) is 17.0. The van der Waals surface area contributed by atoms with Crippen LogP contribution in [0.2, 0.25) is 0 Å². The van der Waals surface area contributed by atoms with Gasteiger partial charge in [0, 0.05) is 0 Å². The number of fused-ring (bicyclic) bond motifs is 5. The lowest BCUT2D eigenvalue weighted by Crippen LogP contribution is -2.11. The average molecular weight is 553 g/mol. The van der Waals surface area contributed by atoms with E-state index in [1.165, 1.54) is 72.8 Å². The molecule has 0 amide bonds. The first kappa shape index (κ1) is 27.7. The normalized spacial score (nSPS) is 27.4. The summed E-state index contributed by atoms with van der Waals surface area (Å²) in [6.07, 6.45) is 32.3. The highest BCUT2D eigenvalue weighted by Crippen LogP contribution is 2.53. The molecule has 1 fully saturated rings. The fourth-order valence-electron chi connectivity index (χ4n) is 8.33. The minimum absolute atomic E-state index is 0.573. The Morgan fingerprint density at radius 2 is 1.71 bits per heavy atom. The van der Waals surface area contributed by atoms with Crippen molar-refractivity contribution in [3.8, 4) is 0 Å². The molecule has 0 nitrogen and oxygen atoms in total. The van der Waals surface area contributed by atoms with Gasteiger partial charge in [-0.3, -0.25) is 0 Å². The van der Waals surface area contributed by atoms with Gasteiger partial charge in [-0.1, -0.05) is 117 Å². The summed E-state index contributed by atoms with van der Waals surface area (Å²) in [4.78, 5) is 0. The second-order valence-corrected chi connectivity index (χ2v) is 13.8. The lowest BCUT2D eigenvalue weighted by molar-refractivity contribution is 0.469. The Labute approximate surface area is 254 Å². The number of aryl methyl sites for hydroxylation is 1. The van der Waals surface area contributed by atoms with E-state index in [2.05, 4.69) is 98.8 Å². The van der Waals surface area contributed by atoms with Crippen LogP contribution in [0.5, 0.6) is 0 Å². The second-order valence-electron chi connectivity index (χ2n) is 13.8. The van der Waals surface area contributed by atoms with Crippen LogP contribution in [-0.4, -0.2) is 0 Å². The van der Waals surface area contributed by atoms with Crippen LogP contribution in [0.4, 0.5) is 0 Å². The minimum atomic E-state index is 0.573. The van der Waals surface area contributed by atoms with Crippen LogP contribution in [0.3, 0.4) is 0 Å². The predicted octanol–water partition coefficient (Wildman–Crippen LogP) is 11.5. The Balaban J connectivity index is 1.07. The van der Waals surface area contributed by atoms with Gasteiger partial charge in [-0.05, 0) is 138 Å². The Hall–Kier alpha value is -3.12. The molecule has 5 aliphatic rings. The van der Waals surface area contributed by atoms with E-state index in [9.17, 15) is 0 Å². The lowest BCUT2D eigenvalue weighted by Gasteiger charge is -2.22. The van der Waals surface area contributed by atoms with Crippen molar-refractivity contribution in [2.45, 2.75) is 96.8 Å². The first-order valence-electron chi connectivity index (χ1n) is 17.0. The molecule has 0 radical (unpaired) electrons. The Morgan fingerprint density at radius 1 is 0.833 bits per heavy atom. The van der Waals surface area contributed by atoms with E-state index in [0.29, 0.717) is 17.8 Å². The van der Waals surface area contributed by atoms with E-state index in [0.717, 1.165) is 38.0 Å². The molecular formula is C42H48. The molecule has 2 bridgehead atoms. The smallest absolute Gasteiger partial charge is 0.00779 e. The van der Waals surface area contributed by atoms with Gasteiger partial charge in [0.1, 0.15) is 0 Å². The largest absolute Gasteiger partial charge is 0.0809 e. The van der Waals surface area contributed by atoms with E-state index < -0.39 is 0 Å². The Morgan fingerprint density at radius 3 is 2.60 bits per heavy atom. The Kier molecular flexibility index (Phi) is 8.07. The standard InChI is InChI=1S/C42H48/c1-3-31-12-7-16-37-25-30-17-18-34-14-8-15-35(23-24-39(34)38(26-30)27-40(31)37)41-28-42(41)36-21-19-33(20-22-36)32-11-5-4-9-29(2)10-6-13-32/h7,11-12,14-22,24-25,29,38,41-42H,3-6,8-10,13,23,26-28H2,1-2H3. The number of hydrogen-bond acceptors (Lipinski definition) is 0. The molecule has 0 aromatic heterocycles. The maximum Gasteiger partial charge on any atom is -0.00779 e. The van der Waals surface area contributed by atoms with Gasteiger partial charge in [-0.15, -0.1) is 0 Å². The van der Waals surface area contributed by atoms with E-state index in [1.54, 1.807) is 27.8 Å². The highest BCUT2D eigenvalue weighted by Gasteiger charge is 2.40. The molecule has 42 heavy (non-hydrogen) atoms. The molecule has 216 valence electrons. The molecule has 0 spiro atoms. The third-order valence-electron chi connectivity index (χ3n) is 10.9. The molecule has 0 heterocycles. The zero-order valence-electron chi connectivity index (χ0n) is 25.9. The van der Waals surface area contributed by atoms with E-state index in [4.69, 9.17) is 0 Å². The molecule has 2 aromatic rings. The summed E-state index contributed by atoms with van der Waals surface area (Å²) in [6, 6.07) is 16.7. The first-order chi connectivity index (χ1) is 20.7. The summed E-state index contributed by atoms with van der Waals surface area (Å²) in [5, 5.41) is 0. The van der Waals surface area contributed by atoms with Crippen LogP contribution in [0.1, 0.15) is 112 Å². The van der Waals surface area contributed by atoms with Gasteiger partial charge in [0.25, 0.3) is 0 Å². The van der Waals surface area contributed by atoms with Crippen molar-refractivity contribution in [3.05, 3.63) is 129 Å². The molecule has 0 aliphatic heterocycles. The molecule has 4 atom stereocenters. The van der Waals surface area contributed by atoms with Gasteiger partial charge >= 0.3 is 0 Å². The second kappa shape index (κ2) is 12.2. The molecule has 0 N–H and O–H groups in total. The van der Waals surface area contributed by atoms with E-state index >= 15 is 0 Å². The van der Waals surface area contributed by atoms with Crippen LogP contribution in [-0.2, 0) is 12.8 Å². The van der Waals surface area contributed by atoms with Gasteiger partial charge in [-0.2, -0.15) is 0 Å². The quantitative estimate of drug-likeness (QED) is 0.331. The van der Waals surface area contributed by atoms with Crippen molar-refractivity contribution in [3.63, 3.8) is 0 Å². The molecule has 5 aliphatic carbocycles. The van der Waals surface area contributed by atoms with Gasteiger partial charge < -0.3 is 0 Å². The van der Waals surface area contributed by atoms with Crippen LogP contribution in [0, 0.1) is 17.8 Å². The van der Waals surface area contributed by atoms with Crippen molar-refractivity contribution in [1.82, 2.24) is 0 Å². The molecule has 0 saturated heterocycles. The van der Waals surface area contributed by atoms with Gasteiger partial charge in [0.15, 0.2) is 0 Å².